The Kier molecular flexibility index (Phi) is 19.3. The van der Waals surface area contributed by atoms with Crippen molar-refractivity contribution in [1.82, 2.24) is 45.6 Å². The number of carbonyl (C=O) groups excluding carboxylic acids is 4. The maximum atomic E-state index is 15.4. The molecule has 4 amide bonds. The Hall–Kier alpha value is -6.54. The Morgan fingerprint density at radius 2 is 1.62 bits per heavy atom. The number of hydrogen-bond donors (Lipinski definition) is 5. The number of nitrogens with zero attached hydrogens (tertiary/aromatic N) is 6. The topological polar surface area (TPSA) is 206 Å². The summed E-state index contributed by atoms with van der Waals surface area (Å²) in [6.07, 6.45) is 9.76. The molecule has 0 spiro atoms. The van der Waals surface area contributed by atoms with E-state index in [0.717, 1.165) is 60.2 Å². The normalized spacial score (nSPS) is 18.1. The molecule has 77 heavy (non-hydrogen) atoms. The number of halogens is 2. The van der Waals surface area contributed by atoms with E-state index in [1.807, 2.05) is 67.3 Å². The zero-order valence-corrected chi connectivity index (χ0v) is 45.4. The monoisotopic (exact) mass is 1070 g/mol. The Morgan fingerprint density at radius 1 is 0.922 bits per heavy atom. The van der Waals surface area contributed by atoms with Gasteiger partial charge in [0.1, 0.15) is 23.7 Å². The maximum Gasteiger partial charge on any atom is 0.246 e. The number of aromatic nitrogens is 3. The number of para-hydroxylation sites is 1. The molecule has 5 heterocycles. The van der Waals surface area contributed by atoms with Gasteiger partial charge in [0.05, 0.1) is 58.3 Å². The van der Waals surface area contributed by atoms with Gasteiger partial charge in [-0.05, 0) is 72.9 Å². The number of aliphatic hydroxyl groups is 1. The standard InChI is InChI=1S/C58H72F2N10O6S/c1-37-54(77-36-65-37)39-17-15-38(16-18-39)31-64-56(74)50-29-43(71)34-70(50)57(75)55(58(2,3)4)67-51(72)13-8-6-5-7-9-14-52(73)69-21-19-42(20-22-69)62-32-41(30-61)49-33-63-48-12-10-11-44(53(48)66-49)40-27-46(59)45(47(60)28-40)35-68-23-25-76-26-24-68/h10-12,15-18,27-28,30,32-33,36,42-43,50,55,61-62,71H,5-9,13-14,19-26,29,31,34-35H2,1-4H3,(H,64,74)(H,67,72)/b41-32+,61-30?/t43?,50?,55-/m1/s1. The molecular formula is C58H72F2N10O6S. The number of allylic oxidation sites excluding steroid dienone is 1. The minimum atomic E-state index is -0.897. The second-order valence-corrected chi connectivity index (χ2v) is 22.4. The van der Waals surface area contributed by atoms with E-state index >= 15 is 8.78 Å². The molecule has 0 saturated carbocycles. The van der Waals surface area contributed by atoms with Crippen LogP contribution >= 0.6 is 11.3 Å². The number of amides is 4. The fourth-order valence-electron chi connectivity index (χ4n) is 10.3. The third kappa shape index (κ3) is 14.7. The highest BCUT2D eigenvalue weighted by Crippen LogP contribution is 2.32. The number of aliphatic hydroxyl groups excluding tert-OH is 1. The van der Waals surface area contributed by atoms with Crippen LogP contribution in [0.25, 0.3) is 38.2 Å². The predicted molar refractivity (Wildman–Crippen MR) is 294 cm³/mol. The van der Waals surface area contributed by atoms with Gasteiger partial charge in [0.15, 0.2) is 0 Å². The van der Waals surface area contributed by atoms with E-state index in [2.05, 4.69) is 25.9 Å². The van der Waals surface area contributed by atoms with Gasteiger partial charge in [0, 0.05) is 100 Å². The number of likely N-dealkylation sites (tertiary alicyclic amines) is 2. The van der Waals surface area contributed by atoms with E-state index in [9.17, 15) is 24.3 Å². The number of hydrogen-bond acceptors (Lipinski definition) is 13. The van der Waals surface area contributed by atoms with Gasteiger partial charge in [0.25, 0.3) is 0 Å². The number of thiazole rings is 1. The van der Waals surface area contributed by atoms with Crippen LogP contribution in [0, 0.1) is 29.4 Å². The van der Waals surface area contributed by atoms with Gasteiger partial charge >= 0.3 is 0 Å². The molecule has 3 aliphatic heterocycles. The lowest BCUT2D eigenvalue weighted by atomic mass is 9.85. The first-order valence-electron chi connectivity index (χ1n) is 26.9. The quantitative estimate of drug-likeness (QED) is 0.0352. The zero-order chi connectivity index (χ0) is 54.6. The van der Waals surface area contributed by atoms with Crippen molar-refractivity contribution in [2.24, 2.45) is 5.41 Å². The summed E-state index contributed by atoms with van der Waals surface area (Å²) in [5, 5.41) is 28.1. The Balaban J connectivity index is 0.736. The van der Waals surface area contributed by atoms with Gasteiger partial charge in [-0.3, -0.25) is 29.1 Å². The molecule has 3 saturated heterocycles. The molecule has 5 aromatic rings. The third-order valence-corrected chi connectivity index (χ3v) is 15.8. The molecule has 410 valence electrons. The molecule has 19 heteroatoms. The summed E-state index contributed by atoms with van der Waals surface area (Å²) in [4.78, 5) is 74.1. The number of morpholine rings is 1. The number of β-amino-alcohol motifs (C(OH)–C–C–N with tert-alkyl or cyclic N) is 1. The van der Waals surface area contributed by atoms with E-state index in [0.29, 0.717) is 85.7 Å². The lowest BCUT2D eigenvalue weighted by Gasteiger charge is -2.35. The molecule has 0 bridgehead atoms. The number of piperidine rings is 1. The van der Waals surface area contributed by atoms with Gasteiger partial charge in [-0.2, -0.15) is 0 Å². The van der Waals surface area contributed by atoms with Crippen LogP contribution in [0.1, 0.15) is 107 Å². The van der Waals surface area contributed by atoms with Gasteiger partial charge in [-0.25, -0.2) is 18.7 Å². The third-order valence-electron chi connectivity index (χ3n) is 14.8. The van der Waals surface area contributed by atoms with E-state index in [-0.39, 0.29) is 61.8 Å². The van der Waals surface area contributed by atoms with E-state index < -0.39 is 41.1 Å². The van der Waals surface area contributed by atoms with Crippen LogP contribution in [-0.2, 0) is 37.0 Å². The second-order valence-electron chi connectivity index (χ2n) is 21.5. The van der Waals surface area contributed by atoms with Crippen molar-refractivity contribution in [3.63, 3.8) is 0 Å². The lowest BCUT2D eigenvalue weighted by molar-refractivity contribution is -0.144. The fraction of sp³-hybridized carbons (Fsp3) is 0.483. The van der Waals surface area contributed by atoms with Crippen LogP contribution < -0.4 is 16.0 Å². The largest absolute Gasteiger partial charge is 0.391 e. The zero-order valence-electron chi connectivity index (χ0n) is 44.6. The average Bonchev–Trinajstić information content (AvgIpc) is 4.05. The Morgan fingerprint density at radius 3 is 2.30 bits per heavy atom. The van der Waals surface area contributed by atoms with Crippen LogP contribution in [0.2, 0.25) is 0 Å². The number of fused-ring (bicyclic) bond motifs is 1. The van der Waals surface area contributed by atoms with Crippen molar-refractivity contribution >= 4 is 57.8 Å². The second kappa shape index (κ2) is 26.2. The predicted octanol–water partition coefficient (Wildman–Crippen LogP) is 7.95. The summed E-state index contributed by atoms with van der Waals surface area (Å²) in [6, 6.07) is 14.2. The van der Waals surface area contributed by atoms with E-state index in [1.165, 1.54) is 23.2 Å². The smallest absolute Gasteiger partial charge is 0.246 e. The molecule has 16 nitrogen and oxygen atoms in total. The van der Waals surface area contributed by atoms with Gasteiger partial charge in [-0.15, -0.1) is 11.3 Å². The number of ether oxygens (including phenoxy) is 1. The van der Waals surface area contributed by atoms with Gasteiger partial charge in [0.2, 0.25) is 23.6 Å². The highest BCUT2D eigenvalue weighted by Gasteiger charge is 2.44. The molecule has 3 fully saturated rings. The van der Waals surface area contributed by atoms with Crippen molar-refractivity contribution in [2.45, 2.75) is 129 Å². The molecule has 8 rings (SSSR count). The van der Waals surface area contributed by atoms with Crippen molar-refractivity contribution in [1.29, 1.82) is 5.41 Å². The van der Waals surface area contributed by atoms with Crippen molar-refractivity contribution in [3.8, 4) is 21.6 Å². The van der Waals surface area contributed by atoms with Crippen LogP contribution in [0.15, 0.2) is 72.5 Å². The highest BCUT2D eigenvalue weighted by molar-refractivity contribution is 7.13. The summed E-state index contributed by atoms with van der Waals surface area (Å²) in [5.41, 5.74) is 6.90. The summed E-state index contributed by atoms with van der Waals surface area (Å²) >= 11 is 1.57. The minimum Gasteiger partial charge on any atom is -0.391 e. The van der Waals surface area contributed by atoms with Gasteiger partial charge < -0.3 is 41.0 Å². The van der Waals surface area contributed by atoms with Crippen molar-refractivity contribution in [3.05, 3.63) is 107 Å². The maximum absolute atomic E-state index is 15.4. The molecule has 5 N–H and O–H groups in total. The Bertz CT molecular complexity index is 2890. The molecule has 0 radical (unpaired) electrons. The van der Waals surface area contributed by atoms with Crippen LogP contribution in [0.4, 0.5) is 8.78 Å². The first-order chi connectivity index (χ1) is 37.1. The van der Waals surface area contributed by atoms with E-state index in [1.54, 1.807) is 41.9 Å². The fourth-order valence-corrected chi connectivity index (χ4v) is 11.1. The molecule has 2 unspecified atom stereocenters. The number of carbonyl (C=O) groups is 4. The Labute approximate surface area is 453 Å². The average molecular weight is 1080 g/mol. The molecule has 3 aromatic carbocycles. The number of nitrogens with one attached hydrogen (secondary N) is 4. The van der Waals surface area contributed by atoms with E-state index in [4.69, 9.17) is 15.1 Å². The molecular weight excluding hydrogens is 1000 g/mol. The van der Waals surface area contributed by atoms with Crippen LogP contribution in [0.5, 0.6) is 0 Å². The van der Waals surface area contributed by atoms with Crippen LogP contribution in [-0.4, -0.2) is 135 Å². The first-order valence-corrected chi connectivity index (χ1v) is 27.8. The summed E-state index contributed by atoms with van der Waals surface area (Å²) in [5.74, 6) is -2.14. The number of unbranched alkanes of at least 4 members (excludes halogenated alkanes) is 4. The number of benzene rings is 3. The molecule has 2 aromatic heterocycles. The summed E-state index contributed by atoms with van der Waals surface area (Å²) in [7, 11) is 0. The molecule has 0 aliphatic carbocycles. The highest BCUT2D eigenvalue weighted by atomic mass is 32.1. The number of rotatable bonds is 21. The lowest BCUT2D eigenvalue weighted by Crippen LogP contribution is -2.57. The number of aryl methyl sites for hydroxylation is 1. The minimum absolute atomic E-state index is 0.00298. The van der Waals surface area contributed by atoms with Crippen molar-refractivity contribution < 1.29 is 37.8 Å². The molecule has 3 atom stereocenters. The van der Waals surface area contributed by atoms with Gasteiger partial charge in [-0.1, -0.05) is 76.4 Å². The summed E-state index contributed by atoms with van der Waals surface area (Å²) < 4.78 is 36.3. The SMILES string of the molecule is Cc1ncsc1-c1ccc(CNC(=O)C2CC(O)CN2C(=O)[C@@H](NC(=O)CCCCCCCC(=O)N2CCC(N/C=C(\C=N)c3cnc4cccc(-c5cc(F)c(CN6CCOCC6)c(F)c5)c4n3)CC2)C(C)(C)C)cc1. The van der Waals surface area contributed by atoms with Crippen molar-refractivity contribution in [2.75, 3.05) is 45.9 Å². The molecule has 3 aliphatic rings. The summed E-state index contributed by atoms with van der Waals surface area (Å²) in [6.45, 7) is 11.5. The first kappa shape index (κ1) is 56.7. The van der Waals surface area contributed by atoms with Crippen LogP contribution in [0.3, 0.4) is 0 Å².